The van der Waals surface area contributed by atoms with Gasteiger partial charge in [-0.25, -0.2) is 0 Å². The maximum atomic E-state index is 12.7. The molecule has 0 aliphatic carbocycles. The average molecular weight is 331 g/mol. The maximum Gasteiger partial charge on any atom is 0.282 e. The number of rotatable bonds is 7. The number of hydrogen-bond acceptors (Lipinski definition) is 5. The summed E-state index contributed by atoms with van der Waals surface area (Å²) >= 11 is 1.22. The monoisotopic (exact) mass is 331 g/mol. The molecule has 120 valence electrons. The second-order valence-electron chi connectivity index (χ2n) is 5.03. The topological polar surface area (TPSA) is 80.4 Å². The minimum Gasteiger partial charge on any atom is -0.508 e. The summed E-state index contributed by atoms with van der Waals surface area (Å²) in [6.45, 7) is 1.97. The molecule has 0 fully saturated rings. The molecule has 0 spiro atoms. The fraction of sp³-hybridized carbons (Fsp3) is 0.235. The Morgan fingerprint density at radius 2 is 1.87 bits per heavy atom. The molecule has 5 nitrogen and oxygen atoms in total. The van der Waals surface area contributed by atoms with E-state index < -0.39 is 10.2 Å². The van der Waals surface area contributed by atoms with Crippen LogP contribution in [-0.4, -0.2) is 21.1 Å². The maximum absolute atomic E-state index is 12.7. The Morgan fingerprint density at radius 1 is 1.22 bits per heavy atom. The Bertz CT molecular complexity index is 700. The lowest BCUT2D eigenvalue weighted by atomic mass is 10.1. The predicted octanol–water partition coefficient (Wildman–Crippen LogP) is 4.44. The van der Waals surface area contributed by atoms with Crippen LogP contribution in [-0.2, 0) is 0 Å². The van der Waals surface area contributed by atoms with Crippen LogP contribution in [0.25, 0.3) is 0 Å². The van der Waals surface area contributed by atoms with Gasteiger partial charge in [0.15, 0.2) is 5.78 Å². The second kappa shape index (κ2) is 7.78. The average Bonchev–Trinajstić information content (AvgIpc) is 2.55. The lowest BCUT2D eigenvalue weighted by Gasteiger charge is -2.15. The van der Waals surface area contributed by atoms with E-state index in [9.17, 15) is 20.0 Å². The summed E-state index contributed by atoms with van der Waals surface area (Å²) in [5.41, 5.74) is 0.504. The molecule has 0 amide bonds. The van der Waals surface area contributed by atoms with E-state index in [4.69, 9.17) is 0 Å². The lowest BCUT2D eigenvalue weighted by Crippen LogP contribution is -2.17. The number of phenols is 1. The third kappa shape index (κ3) is 4.32. The Kier molecular flexibility index (Phi) is 5.76. The quantitative estimate of drug-likeness (QED) is 0.351. The molecule has 6 heteroatoms. The fourth-order valence-corrected chi connectivity index (χ4v) is 3.50. The van der Waals surface area contributed by atoms with E-state index in [0.717, 1.165) is 6.42 Å². The number of nitrogens with zero attached hydrogens (tertiary/aromatic N) is 1. The Balaban J connectivity index is 2.27. The number of phenolic OH excluding ortho intramolecular Hbond substituents is 1. The SMILES string of the molecule is CCCC(Sc1ccccc1[N+](=O)[O-])C(=O)c1ccc(O)cc1. The van der Waals surface area contributed by atoms with E-state index in [0.29, 0.717) is 16.9 Å². The standard InChI is InChI=1S/C17H17NO4S/c1-2-5-16(17(20)12-8-10-13(19)11-9-12)23-15-7-4-3-6-14(15)18(21)22/h3-4,6-11,16,19H,2,5H2,1H3. The molecule has 0 aromatic heterocycles. The van der Waals surface area contributed by atoms with Gasteiger partial charge in [0.25, 0.3) is 5.69 Å². The van der Waals surface area contributed by atoms with Crippen LogP contribution in [0.5, 0.6) is 5.75 Å². The molecule has 0 radical (unpaired) electrons. The van der Waals surface area contributed by atoms with Crippen molar-refractivity contribution in [2.75, 3.05) is 0 Å². The predicted molar refractivity (Wildman–Crippen MR) is 90.1 cm³/mol. The first-order valence-corrected chi connectivity index (χ1v) is 8.14. The minimum absolute atomic E-state index is 0.0112. The third-order valence-electron chi connectivity index (χ3n) is 3.33. The summed E-state index contributed by atoms with van der Waals surface area (Å²) in [5.74, 6) is 0.00921. The molecule has 0 heterocycles. The Labute approximate surface area is 138 Å². The molecule has 0 saturated heterocycles. The summed E-state index contributed by atoms with van der Waals surface area (Å²) in [7, 11) is 0. The molecule has 23 heavy (non-hydrogen) atoms. The van der Waals surface area contributed by atoms with Crippen LogP contribution < -0.4 is 0 Å². The van der Waals surface area contributed by atoms with Crippen molar-refractivity contribution in [3.8, 4) is 5.75 Å². The van der Waals surface area contributed by atoms with Crippen molar-refractivity contribution in [2.24, 2.45) is 0 Å². The van der Waals surface area contributed by atoms with E-state index in [1.807, 2.05) is 6.92 Å². The fourth-order valence-electron chi connectivity index (χ4n) is 2.18. The lowest BCUT2D eigenvalue weighted by molar-refractivity contribution is -0.387. The molecule has 2 aromatic carbocycles. The van der Waals surface area contributed by atoms with Gasteiger partial charge in [-0.3, -0.25) is 14.9 Å². The van der Waals surface area contributed by atoms with Crippen molar-refractivity contribution in [3.05, 3.63) is 64.2 Å². The van der Waals surface area contributed by atoms with Gasteiger partial charge >= 0.3 is 0 Å². The highest BCUT2D eigenvalue weighted by Gasteiger charge is 2.24. The summed E-state index contributed by atoms with van der Waals surface area (Å²) in [6.07, 6.45) is 1.42. The minimum atomic E-state index is -0.434. The molecule has 0 aliphatic rings. The van der Waals surface area contributed by atoms with Gasteiger partial charge in [-0.15, -0.1) is 11.8 Å². The highest BCUT2D eigenvalue weighted by atomic mass is 32.2. The van der Waals surface area contributed by atoms with Gasteiger partial charge in [0.05, 0.1) is 15.1 Å². The van der Waals surface area contributed by atoms with Crippen LogP contribution in [0, 0.1) is 10.1 Å². The molecule has 2 rings (SSSR count). The van der Waals surface area contributed by atoms with Gasteiger partial charge in [0.1, 0.15) is 5.75 Å². The van der Waals surface area contributed by atoms with Crippen LogP contribution in [0.2, 0.25) is 0 Å². The Hall–Kier alpha value is -2.34. The van der Waals surface area contributed by atoms with Crippen LogP contribution in [0.3, 0.4) is 0 Å². The molecule has 0 bridgehead atoms. The van der Waals surface area contributed by atoms with Crippen molar-refractivity contribution >= 4 is 23.2 Å². The van der Waals surface area contributed by atoms with Crippen LogP contribution in [0.4, 0.5) is 5.69 Å². The van der Waals surface area contributed by atoms with Crippen molar-refractivity contribution < 1.29 is 14.8 Å². The second-order valence-corrected chi connectivity index (χ2v) is 6.28. The molecular weight excluding hydrogens is 314 g/mol. The van der Waals surface area contributed by atoms with E-state index in [-0.39, 0.29) is 17.2 Å². The molecule has 1 N–H and O–H groups in total. The highest BCUT2D eigenvalue weighted by Crippen LogP contribution is 2.35. The van der Waals surface area contributed by atoms with Crippen LogP contribution in [0.1, 0.15) is 30.1 Å². The molecule has 2 aromatic rings. The van der Waals surface area contributed by atoms with Gasteiger partial charge in [-0.05, 0) is 36.8 Å². The molecule has 1 unspecified atom stereocenters. The summed E-state index contributed by atoms with van der Waals surface area (Å²) < 4.78 is 0. The molecule has 0 aliphatic heterocycles. The normalized spacial score (nSPS) is 11.9. The van der Waals surface area contributed by atoms with E-state index >= 15 is 0 Å². The molecule has 0 saturated carbocycles. The van der Waals surface area contributed by atoms with Gasteiger partial charge < -0.3 is 5.11 Å². The first-order valence-electron chi connectivity index (χ1n) is 7.26. The summed E-state index contributed by atoms with van der Waals surface area (Å²) in [6, 6.07) is 12.5. The number of carbonyl (C=O) groups excluding carboxylic acids is 1. The largest absolute Gasteiger partial charge is 0.508 e. The number of nitro groups is 1. The summed E-state index contributed by atoms with van der Waals surface area (Å²) in [4.78, 5) is 23.8. The zero-order valence-electron chi connectivity index (χ0n) is 12.6. The number of nitro benzene ring substituents is 1. The van der Waals surface area contributed by atoms with Gasteiger partial charge in [0.2, 0.25) is 0 Å². The van der Waals surface area contributed by atoms with Crippen LogP contribution >= 0.6 is 11.8 Å². The number of ketones is 1. The molecular formula is C17H17NO4S. The number of Topliss-reactive ketones (excluding diaryl/α,β-unsaturated/α-hetero) is 1. The van der Waals surface area contributed by atoms with Crippen molar-refractivity contribution in [1.29, 1.82) is 0 Å². The van der Waals surface area contributed by atoms with Crippen molar-refractivity contribution in [2.45, 2.75) is 29.9 Å². The molecule has 1 atom stereocenters. The van der Waals surface area contributed by atoms with Crippen molar-refractivity contribution in [1.82, 2.24) is 0 Å². The first-order chi connectivity index (χ1) is 11.0. The zero-order chi connectivity index (χ0) is 16.8. The number of benzene rings is 2. The first kappa shape index (κ1) is 17.0. The van der Waals surface area contributed by atoms with Crippen LogP contribution in [0.15, 0.2) is 53.4 Å². The summed E-state index contributed by atoms with van der Waals surface area (Å²) in [5, 5.41) is 20.0. The van der Waals surface area contributed by atoms with E-state index in [2.05, 4.69) is 0 Å². The van der Waals surface area contributed by atoms with Gasteiger partial charge in [0, 0.05) is 11.6 Å². The van der Waals surface area contributed by atoms with E-state index in [1.165, 1.54) is 30.0 Å². The number of aromatic hydroxyl groups is 1. The van der Waals surface area contributed by atoms with Gasteiger partial charge in [-0.2, -0.15) is 0 Å². The van der Waals surface area contributed by atoms with Gasteiger partial charge in [-0.1, -0.05) is 25.5 Å². The smallest absolute Gasteiger partial charge is 0.282 e. The van der Waals surface area contributed by atoms with E-state index in [1.54, 1.807) is 30.3 Å². The number of para-hydroxylation sites is 1. The van der Waals surface area contributed by atoms with Crippen molar-refractivity contribution in [3.63, 3.8) is 0 Å². The zero-order valence-corrected chi connectivity index (χ0v) is 13.5. The highest BCUT2D eigenvalue weighted by molar-refractivity contribution is 8.00. The number of hydrogen-bond donors (Lipinski definition) is 1. The number of thioether (sulfide) groups is 1. The Morgan fingerprint density at radius 3 is 2.48 bits per heavy atom. The third-order valence-corrected chi connectivity index (χ3v) is 4.66. The number of carbonyl (C=O) groups is 1.